The van der Waals surface area contributed by atoms with Crippen molar-refractivity contribution in [3.05, 3.63) is 105 Å². The lowest BCUT2D eigenvalue weighted by Gasteiger charge is -2.18. The van der Waals surface area contributed by atoms with Crippen molar-refractivity contribution in [1.29, 1.82) is 0 Å². The predicted molar refractivity (Wildman–Crippen MR) is 114 cm³/mol. The molecule has 2 aromatic heterocycles. The summed E-state index contributed by atoms with van der Waals surface area (Å²) in [6, 6.07) is 17.0. The molecule has 0 aliphatic rings. The van der Waals surface area contributed by atoms with Gasteiger partial charge >= 0.3 is 0 Å². The summed E-state index contributed by atoms with van der Waals surface area (Å²) in [5.41, 5.74) is 1.83. The zero-order chi connectivity index (χ0) is 21.1. The Bertz CT molecular complexity index is 1260. The molecule has 0 aliphatic heterocycles. The number of anilines is 1. The van der Waals surface area contributed by atoms with Gasteiger partial charge in [-0.05, 0) is 24.6 Å². The maximum absolute atomic E-state index is 13.0. The van der Waals surface area contributed by atoms with Crippen molar-refractivity contribution in [2.75, 3.05) is 5.32 Å². The maximum Gasteiger partial charge on any atom is 0.270 e. The molecular formula is C22H19N5O3. The quantitative estimate of drug-likeness (QED) is 0.388. The summed E-state index contributed by atoms with van der Waals surface area (Å²) in [6.07, 6.45) is 3.28. The Morgan fingerprint density at radius 3 is 2.50 bits per heavy atom. The average Bonchev–Trinajstić information content (AvgIpc) is 2.77. The van der Waals surface area contributed by atoms with E-state index in [4.69, 9.17) is 0 Å². The van der Waals surface area contributed by atoms with Gasteiger partial charge in [-0.15, -0.1) is 0 Å². The summed E-state index contributed by atoms with van der Waals surface area (Å²) in [6.45, 7) is 2.24. The van der Waals surface area contributed by atoms with Gasteiger partial charge in [0.2, 0.25) is 0 Å². The molecule has 0 bridgehead atoms. The van der Waals surface area contributed by atoms with Gasteiger partial charge in [-0.3, -0.25) is 14.9 Å². The van der Waals surface area contributed by atoms with E-state index in [2.05, 4.69) is 15.3 Å². The van der Waals surface area contributed by atoms with E-state index in [9.17, 15) is 14.9 Å². The first-order valence-corrected chi connectivity index (χ1v) is 9.42. The molecule has 0 aliphatic carbocycles. The van der Waals surface area contributed by atoms with Crippen molar-refractivity contribution >= 4 is 22.3 Å². The largest absolute Gasteiger partial charge is 0.375 e. The van der Waals surface area contributed by atoms with Crippen LogP contribution in [0.1, 0.15) is 24.4 Å². The van der Waals surface area contributed by atoms with Crippen LogP contribution in [0.25, 0.3) is 10.9 Å². The highest BCUT2D eigenvalue weighted by molar-refractivity contribution is 5.93. The fourth-order valence-corrected chi connectivity index (χ4v) is 3.37. The smallest absolute Gasteiger partial charge is 0.270 e. The van der Waals surface area contributed by atoms with Gasteiger partial charge in [0.05, 0.1) is 23.0 Å². The summed E-state index contributed by atoms with van der Waals surface area (Å²) in [5, 5.41) is 15.2. The van der Waals surface area contributed by atoms with Crippen LogP contribution in [-0.4, -0.2) is 19.5 Å². The molecule has 4 aromatic rings. The lowest BCUT2D eigenvalue weighted by Crippen LogP contribution is -2.22. The maximum atomic E-state index is 13.0. The van der Waals surface area contributed by atoms with Gasteiger partial charge < -0.3 is 9.88 Å². The second kappa shape index (κ2) is 8.12. The first-order chi connectivity index (χ1) is 14.5. The zero-order valence-corrected chi connectivity index (χ0v) is 16.2. The normalized spacial score (nSPS) is 11.9. The Kier molecular flexibility index (Phi) is 5.21. The highest BCUT2D eigenvalue weighted by Crippen LogP contribution is 2.28. The van der Waals surface area contributed by atoms with E-state index in [1.807, 2.05) is 37.3 Å². The molecule has 1 N–H and O–H groups in total. The lowest BCUT2D eigenvalue weighted by molar-refractivity contribution is -0.384. The van der Waals surface area contributed by atoms with Crippen molar-refractivity contribution in [2.45, 2.75) is 19.5 Å². The molecule has 0 amide bonds. The van der Waals surface area contributed by atoms with E-state index >= 15 is 0 Å². The first-order valence-electron chi connectivity index (χ1n) is 9.42. The third kappa shape index (κ3) is 3.88. The van der Waals surface area contributed by atoms with E-state index in [0.717, 1.165) is 5.56 Å². The molecule has 0 saturated carbocycles. The molecule has 150 valence electrons. The molecule has 8 nitrogen and oxygen atoms in total. The van der Waals surface area contributed by atoms with E-state index in [1.54, 1.807) is 29.1 Å². The van der Waals surface area contributed by atoms with Crippen molar-refractivity contribution in [3.63, 3.8) is 0 Å². The predicted octanol–water partition coefficient (Wildman–Crippen LogP) is 3.92. The van der Waals surface area contributed by atoms with Crippen LogP contribution in [0.4, 0.5) is 11.4 Å². The topological polar surface area (TPSA) is 103 Å². The minimum absolute atomic E-state index is 0.0425. The van der Waals surface area contributed by atoms with Gasteiger partial charge in [0.25, 0.3) is 11.2 Å². The third-order valence-electron chi connectivity index (χ3n) is 4.83. The van der Waals surface area contributed by atoms with Crippen molar-refractivity contribution in [1.82, 2.24) is 14.5 Å². The summed E-state index contributed by atoms with van der Waals surface area (Å²) in [7, 11) is 0. The number of nitrogens with zero attached hydrogens (tertiary/aromatic N) is 4. The van der Waals surface area contributed by atoms with Crippen LogP contribution in [-0.2, 0) is 6.54 Å². The molecule has 1 atom stereocenters. The molecule has 8 heteroatoms. The number of nitro groups is 1. The number of benzene rings is 2. The summed E-state index contributed by atoms with van der Waals surface area (Å²) in [4.78, 5) is 32.3. The first kappa shape index (κ1) is 19.3. The van der Waals surface area contributed by atoms with Crippen LogP contribution in [0, 0.1) is 10.1 Å². The summed E-state index contributed by atoms with van der Waals surface area (Å²) >= 11 is 0. The van der Waals surface area contributed by atoms with E-state index < -0.39 is 4.92 Å². The SMILES string of the molecule is CC(Nc1cc(=O)n(Cc2ccccc2)c2ccc([N+](=O)[O-])cc12)c1ncccn1. The molecular weight excluding hydrogens is 382 g/mol. The fourth-order valence-electron chi connectivity index (χ4n) is 3.37. The van der Waals surface area contributed by atoms with Crippen molar-refractivity contribution in [2.24, 2.45) is 0 Å². The van der Waals surface area contributed by atoms with Gasteiger partial charge in [-0.25, -0.2) is 9.97 Å². The minimum Gasteiger partial charge on any atom is -0.375 e. The molecule has 0 saturated heterocycles. The van der Waals surface area contributed by atoms with Crippen molar-refractivity contribution in [3.8, 4) is 0 Å². The van der Waals surface area contributed by atoms with Gasteiger partial charge in [-0.1, -0.05) is 30.3 Å². The molecule has 0 fully saturated rings. The molecule has 30 heavy (non-hydrogen) atoms. The number of fused-ring (bicyclic) bond motifs is 1. The van der Waals surface area contributed by atoms with E-state index in [0.29, 0.717) is 29.0 Å². The minimum atomic E-state index is -0.445. The fraction of sp³-hybridized carbons (Fsp3) is 0.136. The van der Waals surface area contributed by atoms with Crippen LogP contribution in [0.2, 0.25) is 0 Å². The van der Waals surface area contributed by atoms with E-state index in [-0.39, 0.29) is 17.3 Å². The number of nitro benzene ring substituents is 1. The number of aromatic nitrogens is 3. The van der Waals surface area contributed by atoms with E-state index in [1.165, 1.54) is 18.2 Å². The van der Waals surface area contributed by atoms with Crippen LogP contribution >= 0.6 is 0 Å². The number of pyridine rings is 1. The number of non-ortho nitro benzene ring substituents is 1. The third-order valence-corrected chi connectivity index (χ3v) is 4.83. The Balaban J connectivity index is 1.83. The molecule has 0 radical (unpaired) electrons. The van der Waals surface area contributed by atoms with Gasteiger partial charge in [0.1, 0.15) is 5.82 Å². The summed E-state index contributed by atoms with van der Waals surface area (Å²) in [5.74, 6) is 0.560. The molecule has 2 heterocycles. The number of rotatable bonds is 6. The lowest BCUT2D eigenvalue weighted by atomic mass is 10.1. The summed E-state index contributed by atoms with van der Waals surface area (Å²) < 4.78 is 1.61. The second-order valence-corrected chi connectivity index (χ2v) is 6.90. The molecule has 4 rings (SSSR count). The average molecular weight is 401 g/mol. The van der Waals surface area contributed by atoms with Crippen LogP contribution in [0.3, 0.4) is 0 Å². The Hall–Kier alpha value is -4.07. The number of hydrogen-bond acceptors (Lipinski definition) is 6. The van der Waals surface area contributed by atoms with Gasteiger partial charge in [0.15, 0.2) is 0 Å². The number of hydrogen-bond donors (Lipinski definition) is 1. The second-order valence-electron chi connectivity index (χ2n) is 6.90. The zero-order valence-electron chi connectivity index (χ0n) is 16.2. The molecule has 1 unspecified atom stereocenters. The van der Waals surface area contributed by atoms with Crippen LogP contribution in [0.15, 0.2) is 77.9 Å². The monoisotopic (exact) mass is 401 g/mol. The van der Waals surface area contributed by atoms with Crippen molar-refractivity contribution < 1.29 is 4.92 Å². The Morgan fingerprint density at radius 1 is 1.07 bits per heavy atom. The standard InChI is InChI=1S/C22H19N5O3/c1-15(22-23-10-5-11-24-22)25-19-13-21(28)26(14-16-6-3-2-4-7-16)20-9-8-17(27(29)30)12-18(19)20/h2-13,15,25H,14H2,1H3. The highest BCUT2D eigenvalue weighted by Gasteiger charge is 2.16. The Labute approximate surface area is 172 Å². The highest BCUT2D eigenvalue weighted by atomic mass is 16.6. The van der Waals surface area contributed by atoms with Gasteiger partial charge in [0, 0.05) is 41.7 Å². The Morgan fingerprint density at radius 2 is 1.80 bits per heavy atom. The van der Waals surface area contributed by atoms with Crippen LogP contribution < -0.4 is 10.9 Å². The van der Waals surface area contributed by atoms with Gasteiger partial charge in [-0.2, -0.15) is 0 Å². The molecule has 0 spiro atoms. The number of nitrogens with one attached hydrogen (secondary N) is 1. The van der Waals surface area contributed by atoms with Crippen LogP contribution in [0.5, 0.6) is 0 Å². The molecule has 2 aromatic carbocycles.